The van der Waals surface area contributed by atoms with Crippen molar-refractivity contribution in [3.8, 4) is 0 Å². The number of carbonyl (C=O) groups excluding carboxylic acids is 1. The van der Waals surface area contributed by atoms with Crippen LogP contribution in [0.15, 0.2) is 0 Å². The number of carbonyl (C=O) groups is 1. The van der Waals surface area contributed by atoms with Gasteiger partial charge in [-0.3, -0.25) is 4.79 Å². The van der Waals surface area contributed by atoms with Gasteiger partial charge in [-0.2, -0.15) is 0 Å². The molecule has 0 aliphatic heterocycles. The maximum Gasteiger partial charge on any atom is 0.214 e. The summed E-state index contributed by atoms with van der Waals surface area (Å²) in [4.78, 5) is 9.22. The molecule has 5 heavy (non-hydrogen) atoms. The first-order valence-corrected chi connectivity index (χ1v) is 0.993. The zero-order valence-electron chi connectivity index (χ0n) is 2.89. The molecule has 0 heterocycles. The van der Waals surface area contributed by atoms with E-state index in [1.165, 1.54) is 6.92 Å². The number of primary amides is 1. The van der Waals surface area contributed by atoms with E-state index in [-0.39, 0.29) is 23.3 Å². The van der Waals surface area contributed by atoms with Crippen LogP contribution in [0.1, 0.15) is 6.92 Å². The molecule has 0 aromatic carbocycles. The van der Waals surface area contributed by atoms with E-state index in [0.717, 1.165) is 0 Å². The van der Waals surface area contributed by atoms with Crippen molar-refractivity contribution >= 4 is 5.91 Å². The van der Waals surface area contributed by atoms with Gasteiger partial charge in [0, 0.05) is 24.3 Å². The molecule has 0 aromatic heterocycles. The van der Waals surface area contributed by atoms with Gasteiger partial charge in [0.25, 0.3) is 0 Å². The molecule has 0 spiro atoms. The number of rotatable bonds is 0. The summed E-state index contributed by atoms with van der Waals surface area (Å²) in [6.45, 7) is 1.31. The van der Waals surface area contributed by atoms with Crippen molar-refractivity contribution in [2.45, 2.75) is 6.92 Å². The topological polar surface area (TPSA) is 43.1 Å². The Labute approximate surface area is 41.5 Å². The maximum absolute atomic E-state index is 9.22. The summed E-state index contributed by atoms with van der Waals surface area (Å²) in [6, 6.07) is 0. The molecule has 3 heteroatoms. The fourth-order valence-corrected chi connectivity index (χ4v) is 0. The quantitative estimate of drug-likeness (QED) is 0.449. The molecule has 0 aromatic rings. The van der Waals surface area contributed by atoms with Crippen molar-refractivity contribution in [1.29, 1.82) is 0 Å². The monoisotopic (exact) mass is 111 g/mol. The molecule has 30 valence electrons. The third kappa shape index (κ3) is 2640000. The largest absolute Gasteiger partial charge is 0.370 e. The zero-order valence-corrected chi connectivity index (χ0v) is 4.17. The predicted molar refractivity (Wildman–Crippen MR) is 14.9 cm³/mol. The molecular weight excluding hydrogens is 106 g/mol. The summed E-state index contributed by atoms with van der Waals surface area (Å²) in [7, 11) is 0. The second-order valence-corrected chi connectivity index (χ2v) is 0.611. The molecule has 0 atom stereocenters. The van der Waals surface area contributed by atoms with E-state index in [9.17, 15) is 4.79 Å². The minimum Gasteiger partial charge on any atom is -0.370 e. The Kier molecular flexibility index (Phi) is 7.12. The number of nitrogens with two attached hydrogens (primary N) is 1. The van der Waals surface area contributed by atoms with Crippen LogP contribution in [0.2, 0.25) is 0 Å². The first-order valence-electron chi connectivity index (χ1n) is 0.993. The number of hydrogen-bond acceptors (Lipinski definition) is 1. The van der Waals surface area contributed by atoms with E-state index in [1.807, 2.05) is 0 Å². The molecule has 2 N–H and O–H groups in total. The van der Waals surface area contributed by atoms with E-state index in [4.69, 9.17) is 0 Å². The van der Waals surface area contributed by atoms with Crippen molar-refractivity contribution in [2.24, 2.45) is 5.73 Å². The van der Waals surface area contributed by atoms with E-state index in [0.29, 0.717) is 0 Å². The number of hydrogen-bond donors (Lipinski definition) is 1. The molecule has 0 radical (unpaired) electrons. The van der Waals surface area contributed by atoms with Crippen molar-refractivity contribution in [3.63, 3.8) is 0 Å². The molecule has 0 rings (SSSR count). The second kappa shape index (κ2) is 4.00. The molecule has 0 bridgehead atoms. The van der Waals surface area contributed by atoms with Crippen LogP contribution in [0, 0.1) is 0 Å². The predicted octanol–water partition coefficient (Wildman–Crippen LogP) is -0.511. The summed E-state index contributed by atoms with van der Waals surface area (Å²) >= 11 is 0. The zero-order chi connectivity index (χ0) is 3.58. The first-order chi connectivity index (χ1) is 1.73. The van der Waals surface area contributed by atoms with E-state index in [2.05, 4.69) is 5.73 Å². The van der Waals surface area contributed by atoms with Crippen LogP contribution in [0.25, 0.3) is 0 Å². The summed E-state index contributed by atoms with van der Waals surface area (Å²) in [5, 5.41) is 0. The molecule has 0 saturated heterocycles. The Morgan fingerprint density at radius 3 is 1.80 bits per heavy atom. The average molecular weight is 111 g/mol. The van der Waals surface area contributed by atoms with Crippen molar-refractivity contribution in [1.82, 2.24) is 0 Å². The fraction of sp³-hybridized carbons (Fsp3) is 0.500. The van der Waals surface area contributed by atoms with Gasteiger partial charge in [-0.1, -0.05) is 0 Å². The summed E-state index contributed by atoms with van der Waals surface area (Å²) in [5.74, 6) is -0.333. The van der Waals surface area contributed by atoms with E-state index < -0.39 is 0 Å². The van der Waals surface area contributed by atoms with Gasteiger partial charge in [0.2, 0.25) is 5.91 Å². The van der Waals surface area contributed by atoms with Crippen molar-refractivity contribution in [2.75, 3.05) is 0 Å². The molecule has 0 aliphatic carbocycles. The maximum atomic E-state index is 9.22. The van der Waals surface area contributed by atoms with Crippen LogP contribution in [0.5, 0.6) is 0 Å². The molecule has 0 saturated carbocycles. The number of amides is 1. The summed E-state index contributed by atoms with van der Waals surface area (Å²) in [6.07, 6.45) is 0. The van der Waals surface area contributed by atoms with Gasteiger partial charge in [-0.15, -0.1) is 0 Å². The minimum atomic E-state index is -0.333. The van der Waals surface area contributed by atoms with Crippen LogP contribution in [0.3, 0.4) is 0 Å². The molecule has 1 amide bonds. The van der Waals surface area contributed by atoms with E-state index in [1.54, 1.807) is 0 Å². The van der Waals surface area contributed by atoms with Gasteiger partial charge in [0.15, 0.2) is 0 Å². The molecule has 0 fully saturated rings. The van der Waals surface area contributed by atoms with Gasteiger partial charge in [-0.25, -0.2) is 0 Å². The Morgan fingerprint density at radius 2 is 1.80 bits per heavy atom. The second-order valence-electron chi connectivity index (χ2n) is 0.611. The molecular formula is C2H5CrNO. The van der Waals surface area contributed by atoms with Gasteiger partial charge >= 0.3 is 0 Å². The smallest absolute Gasteiger partial charge is 0.214 e. The molecule has 2 nitrogen and oxygen atoms in total. The third-order valence-electron chi connectivity index (χ3n) is 0. The normalized spacial score (nSPS) is 5.00. The van der Waals surface area contributed by atoms with Crippen LogP contribution >= 0.6 is 0 Å². The average Bonchev–Trinajstić information content (AvgIpc) is 0.811. The molecule has 0 unspecified atom stereocenters. The van der Waals surface area contributed by atoms with Crippen LogP contribution in [-0.4, -0.2) is 5.91 Å². The fourth-order valence-electron chi connectivity index (χ4n) is 0. The van der Waals surface area contributed by atoms with Crippen LogP contribution < -0.4 is 5.73 Å². The van der Waals surface area contributed by atoms with Crippen LogP contribution in [-0.2, 0) is 22.2 Å². The Hall–Kier alpha value is 0.00247. The Balaban J connectivity index is 0. The third-order valence-corrected chi connectivity index (χ3v) is 0. The minimum absolute atomic E-state index is 0. The van der Waals surface area contributed by atoms with Crippen molar-refractivity contribution in [3.05, 3.63) is 0 Å². The standard InChI is InChI=1S/C2H5NO.Cr/c1-2(3)4;/h1H3,(H2,3,4);. The van der Waals surface area contributed by atoms with Crippen LogP contribution in [0.4, 0.5) is 0 Å². The Morgan fingerprint density at radius 1 is 1.80 bits per heavy atom. The van der Waals surface area contributed by atoms with Gasteiger partial charge in [0.1, 0.15) is 0 Å². The molecule has 0 aliphatic rings. The van der Waals surface area contributed by atoms with Gasteiger partial charge in [-0.05, 0) is 0 Å². The van der Waals surface area contributed by atoms with E-state index >= 15 is 0 Å². The summed E-state index contributed by atoms with van der Waals surface area (Å²) < 4.78 is 0. The Bertz CT molecular complexity index is 32.6. The first kappa shape index (κ1) is 8.89. The SMILES string of the molecule is CC(N)=O.[Cr]. The van der Waals surface area contributed by atoms with Gasteiger partial charge < -0.3 is 5.73 Å². The van der Waals surface area contributed by atoms with Gasteiger partial charge in [0.05, 0.1) is 0 Å². The van der Waals surface area contributed by atoms with Crippen molar-refractivity contribution < 1.29 is 22.2 Å². The summed E-state index contributed by atoms with van der Waals surface area (Å²) in [5.41, 5.74) is 4.47.